The van der Waals surface area contributed by atoms with Gasteiger partial charge in [0.1, 0.15) is 0 Å². The van der Waals surface area contributed by atoms with Crippen LogP contribution in [-0.2, 0) is 0 Å². The lowest BCUT2D eigenvalue weighted by atomic mass is 10.4. The van der Waals surface area contributed by atoms with Gasteiger partial charge in [0, 0.05) is 0 Å². The highest BCUT2D eigenvalue weighted by molar-refractivity contribution is 7.98. The fourth-order valence-electron chi connectivity index (χ4n) is 0.358. The van der Waals surface area contributed by atoms with E-state index in [9.17, 15) is 0 Å². The minimum absolute atomic E-state index is 1.04. The van der Waals surface area contributed by atoms with Crippen molar-refractivity contribution in [2.45, 2.75) is 12.8 Å². The molecule has 0 unspecified atom stereocenters. The molecule has 0 radical (unpaired) electrons. The van der Waals surface area contributed by atoms with E-state index >= 15 is 0 Å². The van der Waals surface area contributed by atoms with Crippen molar-refractivity contribution in [3.8, 4) is 0 Å². The number of hydrogen-bond acceptors (Lipinski definition) is 2. The van der Waals surface area contributed by atoms with Crippen LogP contribution in [-0.4, -0.2) is 17.8 Å². The van der Waals surface area contributed by atoms with E-state index in [1.54, 1.807) is 0 Å². The zero-order valence-corrected chi connectivity index (χ0v) is 6.39. The van der Waals surface area contributed by atoms with Crippen molar-refractivity contribution in [1.82, 2.24) is 0 Å². The summed E-state index contributed by atoms with van der Waals surface area (Å²) in [5, 5.41) is 0. The van der Waals surface area contributed by atoms with Crippen LogP contribution in [0.25, 0.3) is 0 Å². The summed E-state index contributed by atoms with van der Waals surface area (Å²) in [7, 11) is 0. The van der Waals surface area contributed by atoms with Gasteiger partial charge in [0.15, 0.2) is 0 Å². The molecule has 0 aliphatic carbocycles. The van der Waals surface area contributed by atoms with Crippen LogP contribution in [0.5, 0.6) is 0 Å². The van der Waals surface area contributed by atoms with Crippen molar-refractivity contribution in [3.63, 3.8) is 0 Å². The molecule has 44 valence electrons. The zero-order valence-electron chi connectivity index (χ0n) is 4.68. The average Bonchev–Trinajstić information content (AvgIpc) is 1.69. The van der Waals surface area contributed by atoms with E-state index in [0.29, 0.717) is 0 Å². The van der Waals surface area contributed by atoms with Crippen molar-refractivity contribution in [2.75, 3.05) is 17.8 Å². The molecular weight excluding hydrogens is 124 g/mol. The highest BCUT2D eigenvalue weighted by atomic mass is 32.2. The maximum atomic E-state index is 4.08. The predicted octanol–water partition coefficient (Wildman–Crippen LogP) is 2.06. The molecule has 0 amide bonds. The Morgan fingerprint density at radius 1 is 1.43 bits per heavy atom. The van der Waals surface area contributed by atoms with Gasteiger partial charge in [-0.3, -0.25) is 0 Å². The first-order valence-electron chi connectivity index (χ1n) is 2.51. The number of thiol groups is 1. The molecule has 0 heterocycles. The first-order chi connectivity index (χ1) is 3.41. The molecule has 0 rings (SSSR count). The molecule has 0 aromatic carbocycles. The van der Waals surface area contributed by atoms with E-state index in [0.717, 1.165) is 5.75 Å². The molecule has 0 bridgehead atoms. The minimum atomic E-state index is 1.04. The van der Waals surface area contributed by atoms with Gasteiger partial charge in [-0.25, -0.2) is 0 Å². The maximum Gasteiger partial charge on any atom is -0.00700 e. The van der Waals surface area contributed by atoms with Gasteiger partial charge in [-0.15, -0.1) is 0 Å². The van der Waals surface area contributed by atoms with Crippen LogP contribution in [0.3, 0.4) is 0 Å². The molecule has 0 spiro atoms. The highest BCUT2D eigenvalue weighted by Gasteiger charge is 1.80. The molecule has 0 aromatic rings. The lowest BCUT2D eigenvalue weighted by molar-refractivity contribution is 0.911. The van der Waals surface area contributed by atoms with E-state index in [4.69, 9.17) is 0 Å². The summed E-state index contributed by atoms with van der Waals surface area (Å²) < 4.78 is 0. The Bertz CT molecular complexity index is 25.3. The zero-order chi connectivity index (χ0) is 5.54. The van der Waals surface area contributed by atoms with Crippen LogP contribution in [0.15, 0.2) is 0 Å². The van der Waals surface area contributed by atoms with Gasteiger partial charge in [0.25, 0.3) is 0 Å². The third-order valence-corrected chi connectivity index (χ3v) is 1.77. The van der Waals surface area contributed by atoms with Crippen LogP contribution in [0, 0.1) is 0 Å². The molecule has 7 heavy (non-hydrogen) atoms. The Hall–Kier alpha value is 0.700. The Morgan fingerprint density at radius 2 is 2.14 bits per heavy atom. The average molecular weight is 136 g/mol. The van der Waals surface area contributed by atoms with Crippen molar-refractivity contribution >= 4 is 24.4 Å². The van der Waals surface area contributed by atoms with Crippen LogP contribution < -0.4 is 0 Å². The first kappa shape index (κ1) is 7.70. The fraction of sp³-hybridized carbons (Fsp3) is 1.00. The molecule has 0 fully saturated rings. The van der Waals surface area contributed by atoms with Crippen LogP contribution in [0.4, 0.5) is 0 Å². The molecule has 0 saturated carbocycles. The predicted molar refractivity (Wildman–Crippen MR) is 41.5 cm³/mol. The van der Waals surface area contributed by atoms with Crippen molar-refractivity contribution in [2.24, 2.45) is 0 Å². The quantitative estimate of drug-likeness (QED) is 0.456. The van der Waals surface area contributed by atoms with E-state index in [2.05, 4.69) is 18.9 Å². The Balaban J connectivity index is 2.45. The van der Waals surface area contributed by atoms with Crippen molar-refractivity contribution < 1.29 is 0 Å². The number of rotatable bonds is 4. The van der Waals surface area contributed by atoms with E-state index < -0.39 is 0 Å². The molecule has 0 N–H and O–H groups in total. The largest absolute Gasteiger partial charge is 0.179 e. The molecular formula is C5H12S2. The van der Waals surface area contributed by atoms with Gasteiger partial charge >= 0.3 is 0 Å². The van der Waals surface area contributed by atoms with Crippen LogP contribution >= 0.6 is 24.4 Å². The molecule has 2 heteroatoms. The summed E-state index contributed by atoms with van der Waals surface area (Å²) in [5.41, 5.74) is 0. The normalized spacial score (nSPS) is 9.43. The third-order valence-electron chi connectivity index (χ3n) is 0.757. The van der Waals surface area contributed by atoms with Crippen molar-refractivity contribution in [3.05, 3.63) is 0 Å². The second-order valence-corrected chi connectivity index (χ2v) is 2.86. The van der Waals surface area contributed by atoms with Gasteiger partial charge in [0.2, 0.25) is 0 Å². The van der Waals surface area contributed by atoms with E-state index in [-0.39, 0.29) is 0 Å². The summed E-state index contributed by atoms with van der Waals surface area (Å²) in [6.45, 7) is 0. The molecule has 0 aliphatic rings. The monoisotopic (exact) mass is 136 g/mol. The summed E-state index contributed by atoms with van der Waals surface area (Å²) in [6, 6.07) is 0. The topological polar surface area (TPSA) is 0 Å². The van der Waals surface area contributed by atoms with Gasteiger partial charge in [-0.2, -0.15) is 24.4 Å². The van der Waals surface area contributed by atoms with E-state index in [1.165, 1.54) is 18.6 Å². The van der Waals surface area contributed by atoms with Crippen LogP contribution in [0.2, 0.25) is 0 Å². The Morgan fingerprint density at radius 3 is 2.57 bits per heavy atom. The first-order valence-corrected chi connectivity index (χ1v) is 4.54. The minimum Gasteiger partial charge on any atom is -0.179 e. The number of hydrogen-bond donors (Lipinski definition) is 1. The lowest BCUT2D eigenvalue weighted by Gasteiger charge is -1.90. The summed E-state index contributed by atoms with van der Waals surface area (Å²) >= 11 is 5.99. The van der Waals surface area contributed by atoms with Crippen LogP contribution in [0.1, 0.15) is 12.8 Å². The fourth-order valence-corrected chi connectivity index (χ4v) is 1.07. The smallest absolute Gasteiger partial charge is 0.00700 e. The summed E-state index contributed by atoms with van der Waals surface area (Å²) in [6.07, 6.45) is 4.73. The lowest BCUT2D eigenvalue weighted by Crippen LogP contribution is -1.78. The third kappa shape index (κ3) is 6.70. The van der Waals surface area contributed by atoms with Gasteiger partial charge < -0.3 is 0 Å². The molecule has 0 aromatic heterocycles. The second kappa shape index (κ2) is 6.70. The molecule has 0 aliphatic heterocycles. The Kier molecular flexibility index (Phi) is 7.37. The summed E-state index contributed by atoms with van der Waals surface area (Å²) in [4.78, 5) is 0. The standard InChI is InChI=1S/C5H12S2/c1-7-5-3-2-4-6/h6H,2-5H2,1H3. The molecule has 0 nitrogen and oxygen atoms in total. The number of thioether (sulfide) groups is 1. The van der Waals surface area contributed by atoms with E-state index in [1.807, 2.05) is 11.8 Å². The van der Waals surface area contributed by atoms with Gasteiger partial charge in [0.05, 0.1) is 0 Å². The van der Waals surface area contributed by atoms with Gasteiger partial charge in [-0.05, 0) is 30.6 Å². The summed E-state index contributed by atoms with van der Waals surface area (Å²) in [5.74, 6) is 2.33. The number of unbranched alkanes of at least 4 members (excludes halogenated alkanes) is 1. The second-order valence-electron chi connectivity index (χ2n) is 1.42. The maximum absolute atomic E-state index is 4.08. The highest BCUT2D eigenvalue weighted by Crippen LogP contribution is 1.98. The molecule has 0 saturated heterocycles. The SMILES string of the molecule is CSCCCCS. The Labute approximate surface area is 55.5 Å². The van der Waals surface area contributed by atoms with Gasteiger partial charge in [-0.1, -0.05) is 0 Å². The molecule has 0 atom stereocenters. The van der Waals surface area contributed by atoms with Crippen molar-refractivity contribution in [1.29, 1.82) is 0 Å².